The highest BCUT2D eigenvalue weighted by Crippen LogP contribution is 2.16. The molecule has 2 heterocycles. The molecule has 1 aliphatic heterocycles. The van der Waals surface area contributed by atoms with Crippen molar-refractivity contribution in [2.24, 2.45) is 0 Å². The van der Waals surface area contributed by atoms with Gasteiger partial charge in [-0.15, -0.1) is 0 Å². The lowest BCUT2D eigenvalue weighted by Gasteiger charge is -2.35. The van der Waals surface area contributed by atoms with Crippen LogP contribution in [0.5, 0.6) is 0 Å². The fourth-order valence-corrected chi connectivity index (χ4v) is 3.73. The van der Waals surface area contributed by atoms with Gasteiger partial charge in [-0.2, -0.15) is 0 Å². The first-order valence-corrected chi connectivity index (χ1v) is 9.28. The quantitative estimate of drug-likeness (QED) is 0.750. The molecule has 2 N–H and O–H groups in total. The Bertz CT molecular complexity index is 1030. The first kappa shape index (κ1) is 17.5. The molecule has 0 saturated carbocycles. The predicted molar refractivity (Wildman–Crippen MR) is 107 cm³/mol. The average Bonchev–Trinajstić information content (AvgIpc) is 2.66. The molecule has 0 spiro atoms. The molecule has 5 heteroatoms. The summed E-state index contributed by atoms with van der Waals surface area (Å²) in [4.78, 5) is 30.5. The number of piperazine rings is 1. The van der Waals surface area contributed by atoms with Crippen LogP contribution in [0, 0.1) is 6.92 Å². The number of fused-ring (bicyclic) bond motifs is 1. The van der Waals surface area contributed by atoms with Gasteiger partial charge in [-0.3, -0.25) is 14.5 Å². The number of nitrogens with zero attached hydrogens (tertiary/aromatic N) is 1. The molecule has 0 aliphatic carbocycles. The Balaban J connectivity index is 1.61. The number of nitrogens with one attached hydrogen (secondary N) is 2. The summed E-state index contributed by atoms with van der Waals surface area (Å²) in [5, 5.41) is 3.67. The molecule has 4 rings (SSSR count). The summed E-state index contributed by atoms with van der Waals surface area (Å²) in [6.07, 6.45) is 0.656. The van der Waals surface area contributed by atoms with E-state index in [0.29, 0.717) is 24.9 Å². The number of pyridine rings is 1. The number of H-pyrrole nitrogens is 1. The van der Waals surface area contributed by atoms with Crippen LogP contribution in [0.1, 0.15) is 16.8 Å². The van der Waals surface area contributed by atoms with Crippen molar-refractivity contribution in [3.8, 4) is 0 Å². The Kier molecular flexibility index (Phi) is 4.77. The van der Waals surface area contributed by atoms with Crippen LogP contribution in [-0.4, -0.2) is 34.9 Å². The highest BCUT2D eigenvalue weighted by Gasteiger charge is 2.29. The molecule has 2 aromatic carbocycles. The number of aryl methyl sites for hydroxylation is 1. The van der Waals surface area contributed by atoms with Gasteiger partial charge in [0.1, 0.15) is 0 Å². The van der Waals surface area contributed by atoms with E-state index in [4.69, 9.17) is 0 Å². The molecule has 1 aromatic heterocycles. The highest BCUT2D eigenvalue weighted by molar-refractivity contribution is 5.83. The minimum Gasteiger partial charge on any atom is -0.357 e. The second-order valence-electron chi connectivity index (χ2n) is 7.17. The Morgan fingerprint density at radius 2 is 1.89 bits per heavy atom. The lowest BCUT2D eigenvalue weighted by molar-refractivity contribution is -0.129. The van der Waals surface area contributed by atoms with Gasteiger partial charge in [0.15, 0.2) is 5.43 Å². The average molecular weight is 361 g/mol. The highest BCUT2D eigenvalue weighted by atomic mass is 16.2. The van der Waals surface area contributed by atoms with Crippen LogP contribution in [0.25, 0.3) is 10.9 Å². The number of benzene rings is 2. The third-order valence-corrected chi connectivity index (χ3v) is 5.13. The second-order valence-corrected chi connectivity index (χ2v) is 7.17. The van der Waals surface area contributed by atoms with Gasteiger partial charge in [-0.1, -0.05) is 42.0 Å². The van der Waals surface area contributed by atoms with Crippen molar-refractivity contribution >= 4 is 16.8 Å². The largest absolute Gasteiger partial charge is 0.357 e. The van der Waals surface area contributed by atoms with Crippen LogP contribution in [0.3, 0.4) is 0 Å². The molecule has 27 heavy (non-hydrogen) atoms. The number of carbonyl (C=O) groups is 1. The van der Waals surface area contributed by atoms with E-state index in [2.05, 4.69) is 15.2 Å². The van der Waals surface area contributed by atoms with Crippen molar-refractivity contribution in [1.82, 2.24) is 15.2 Å². The summed E-state index contributed by atoms with van der Waals surface area (Å²) < 4.78 is 0. The SMILES string of the molecule is Cc1ccc2[nH]c(CN3CCNC(=O)[C@@H]3Cc3ccccc3)cc(=O)c2c1. The van der Waals surface area contributed by atoms with Crippen LogP contribution in [0.4, 0.5) is 0 Å². The lowest BCUT2D eigenvalue weighted by Crippen LogP contribution is -2.55. The summed E-state index contributed by atoms with van der Waals surface area (Å²) >= 11 is 0. The summed E-state index contributed by atoms with van der Waals surface area (Å²) in [5.74, 6) is 0.0452. The van der Waals surface area contributed by atoms with Gasteiger partial charge < -0.3 is 10.3 Å². The Morgan fingerprint density at radius 3 is 2.70 bits per heavy atom. The normalized spacial score (nSPS) is 17.8. The van der Waals surface area contributed by atoms with Crippen molar-refractivity contribution in [2.75, 3.05) is 13.1 Å². The first-order valence-electron chi connectivity index (χ1n) is 9.28. The predicted octanol–water partition coefficient (Wildman–Crippen LogP) is 2.38. The Morgan fingerprint density at radius 1 is 1.07 bits per heavy atom. The smallest absolute Gasteiger partial charge is 0.237 e. The molecule has 1 aliphatic rings. The minimum absolute atomic E-state index is 0.0171. The Hall–Kier alpha value is -2.92. The van der Waals surface area contributed by atoms with Crippen molar-refractivity contribution in [1.29, 1.82) is 0 Å². The summed E-state index contributed by atoms with van der Waals surface area (Å²) in [6, 6.07) is 17.3. The summed E-state index contributed by atoms with van der Waals surface area (Å²) in [6.45, 7) is 3.91. The topological polar surface area (TPSA) is 65.2 Å². The molecule has 1 atom stereocenters. The maximum absolute atomic E-state index is 12.5. The number of aromatic amines is 1. The third kappa shape index (κ3) is 3.78. The maximum atomic E-state index is 12.5. The van der Waals surface area contributed by atoms with E-state index >= 15 is 0 Å². The number of hydrogen-bond acceptors (Lipinski definition) is 3. The third-order valence-electron chi connectivity index (χ3n) is 5.13. The van der Waals surface area contributed by atoms with Gasteiger partial charge in [-0.05, 0) is 31.0 Å². The number of hydrogen-bond donors (Lipinski definition) is 2. The summed E-state index contributed by atoms with van der Waals surface area (Å²) in [5.41, 5.74) is 3.89. The zero-order valence-electron chi connectivity index (χ0n) is 15.4. The van der Waals surface area contributed by atoms with E-state index < -0.39 is 0 Å². The van der Waals surface area contributed by atoms with Crippen LogP contribution in [0.2, 0.25) is 0 Å². The van der Waals surface area contributed by atoms with Gasteiger partial charge in [-0.25, -0.2) is 0 Å². The molecule has 0 unspecified atom stereocenters. The molecular formula is C22H23N3O2. The molecule has 1 amide bonds. The van der Waals surface area contributed by atoms with Gasteiger partial charge in [0.2, 0.25) is 5.91 Å². The van der Waals surface area contributed by atoms with Crippen molar-refractivity contribution in [3.63, 3.8) is 0 Å². The van der Waals surface area contributed by atoms with Gasteiger partial charge >= 0.3 is 0 Å². The van der Waals surface area contributed by atoms with Crippen molar-refractivity contribution in [3.05, 3.63) is 81.6 Å². The number of amides is 1. The molecule has 1 saturated heterocycles. The number of carbonyl (C=O) groups excluding carboxylic acids is 1. The van der Waals surface area contributed by atoms with Crippen LogP contribution < -0.4 is 10.7 Å². The molecular weight excluding hydrogens is 338 g/mol. The zero-order valence-corrected chi connectivity index (χ0v) is 15.4. The minimum atomic E-state index is -0.238. The van der Waals surface area contributed by atoms with Gasteiger partial charge in [0.25, 0.3) is 0 Å². The van der Waals surface area contributed by atoms with E-state index in [1.54, 1.807) is 6.07 Å². The van der Waals surface area contributed by atoms with Crippen molar-refractivity contribution in [2.45, 2.75) is 25.9 Å². The molecule has 0 bridgehead atoms. The van der Waals surface area contributed by atoms with Gasteiger partial charge in [0, 0.05) is 42.3 Å². The monoisotopic (exact) mass is 361 g/mol. The van der Waals surface area contributed by atoms with Crippen LogP contribution in [0.15, 0.2) is 59.4 Å². The standard InChI is InChI=1S/C22H23N3O2/c1-15-7-8-19-18(11-15)21(26)13-17(24-19)14-25-10-9-23-22(27)20(25)12-16-5-3-2-4-6-16/h2-8,11,13,20H,9-10,12,14H2,1H3,(H,23,27)(H,24,26)/t20-/m0/s1. The van der Waals surface area contributed by atoms with Crippen molar-refractivity contribution < 1.29 is 4.79 Å². The van der Waals surface area contributed by atoms with Crippen LogP contribution >= 0.6 is 0 Å². The van der Waals surface area contributed by atoms with Crippen LogP contribution in [-0.2, 0) is 17.8 Å². The molecule has 0 radical (unpaired) electrons. The molecule has 138 valence electrons. The fourth-order valence-electron chi connectivity index (χ4n) is 3.73. The molecule has 3 aromatic rings. The van der Waals surface area contributed by atoms with Gasteiger partial charge in [0.05, 0.1) is 6.04 Å². The second kappa shape index (κ2) is 7.37. The molecule has 1 fully saturated rings. The van der Waals surface area contributed by atoms with E-state index in [1.807, 2.05) is 55.5 Å². The molecule has 5 nitrogen and oxygen atoms in total. The van der Waals surface area contributed by atoms with E-state index in [0.717, 1.165) is 28.9 Å². The first-order chi connectivity index (χ1) is 13.1. The lowest BCUT2D eigenvalue weighted by atomic mass is 10.0. The van der Waals surface area contributed by atoms with E-state index in [-0.39, 0.29) is 17.4 Å². The number of aromatic nitrogens is 1. The number of rotatable bonds is 4. The zero-order chi connectivity index (χ0) is 18.8. The fraction of sp³-hybridized carbons (Fsp3) is 0.273. The van der Waals surface area contributed by atoms with E-state index in [1.165, 1.54) is 0 Å². The maximum Gasteiger partial charge on any atom is 0.237 e. The summed E-state index contributed by atoms with van der Waals surface area (Å²) in [7, 11) is 0. The van der Waals surface area contributed by atoms with E-state index in [9.17, 15) is 9.59 Å². The Labute approximate surface area is 158 Å².